The van der Waals surface area contributed by atoms with Gasteiger partial charge in [-0.1, -0.05) is 0 Å². The number of piperazine rings is 1. The summed E-state index contributed by atoms with van der Waals surface area (Å²) in [5.41, 5.74) is 1.31. The van der Waals surface area contributed by atoms with Crippen molar-refractivity contribution < 1.29 is 9.90 Å². The Morgan fingerprint density at radius 3 is 2.79 bits per heavy atom. The van der Waals surface area contributed by atoms with E-state index in [1.54, 1.807) is 6.20 Å². The molecule has 1 aromatic heterocycles. The van der Waals surface area contributed by atoms with Crippen LogP contribution in [0.1, 0.15) is 12.1 Å². The van der Waals surface area contributed by atoms with Crippen LogP contribution in [-0.4, -0.2) is 53.7 Å². The number of pyridine rings is 1. The molecule has 6 nitrogen and oxygen atoms in total. The number of carboxylic acids is 1. The van der Waals surface area contributed by atoms with Gasteiger partial charge in [0.15, 0.2) is 5.69 Å². The lowest BCUT2D eigenvalue weighted by atomic mass is 10.2. The lowest BCUT2D eigenvalue weighted by molar-refractivity contribution is -0.137. The Morgan fingerprint density at radius 2 is 2.16 bits per heavy atom. The molecule has 0 atom stereocenters. The zero-order valence-electron chi connectivity index (χ0n) is 10.6. The predicted molar refractivity (Wildman–Crippen MR) is 69.9 cm³/mol. The summed E-state index contributed by atoms with van der Waals surface area (Å²) in [7, 11) is 0. The Morgan fingerprint density at radius 1 is 1.42 bits per heavy atom. The highest BCUT2D eigenvalue weighted by Gasteiger charge is 2.19. The molecule has 0 saturated carbocycles. The van der Waals surface area contributed by atoms with E-state index in [4.69, 9.17) is 10.4 Å². The number of anilines is 1. The fraction of sp³-hybridized carbons (Fsp3) is 0.462. The highest BCUT2D eigenvalue weighted by atomic mass is 16.4. The van der Waals surface area contributed by atoms with Gasteiger partial charge in [-0.05, 0) is 12.1 Å². The molecular weight excluding hydrogens is 244 g/mol. The minimum absolute atomic E-state index is 0.177. The lowest BCUT2D eigenvalue weighted by Crippen LogP contribution is -2.47. The van der Waals surface area contributed by atoms with Crippen LogP contribution in [0, 0.1) is 11.3 Å². The van der Waals surface area contributed by atoms with Gasteiger partial charge in [0, 0.05) is 38.9 Å². The molecule has 6 heteroatoms. The molecule has 0 bridgehead atoms. The van der Waals surface area contributed by atoms with E-state index in [1.807, 2.05) is 12.1 Å². The molecule has 1 saturated heterocycles. The average molecular weight is 260 g/mol. The Balaban J connectivity index is 1.93. The van der Waals surface area contributed by atoms with Crippen LogP contribution in [-0.2, 0) is 4.79 Å². The molecular formula is C13H16N4O2. The zero-order chi connectivity index (χ0) is 13.7. The largest absolute Gasteiger partial charge is 0.481 e. The molecule has 0 radical (unpaired) electrons. The lowest BCUT2D eigenvalue weighted by Gasteiger charge is -2.35. The van der Waals surface area contributed by atoms with Crippen LogP contribution in [0.5, 0.6) is 0 Å². The fourth-order valence-electron chi connectivity index (χ4n) is 2.20. The van der Waals surface area contributed by atoms with Crippen LogP contribution in [0.2, 0.25) is 0 Å². The van der Waals surface area contributed by atoms with E-state index >= 15 is 0 Å². The summed E-state index contributed by atoms with van der Waals surface area (Å²) in [6, 6.07) is 5.83. The second-order valence-electron chi connectivity index (χ2n) is 4.46. The maximum atomic E-state index is 10.5. The van der Waals surface area contributed by atoms with Gasteiger partial charge in [0.1, 0.15) is 6.07 Å². The Labute approximate surface area is 111 Å². The summed E-state index contributed by atoms with van der Waals surface area (Å²) < 4.78 is 0. The number of nitriles is 1. The standard InChI is InChI=1S/C13H16N4O2/c14-10-11-12(2-1-4-15-11)17-8-6-16(7-9-17)5-3-13(18)19/h1-2,4H,3,5-9H2,(H,18,19). The molecule has 1 aliphatic rings. The molecule has 0 spiro atoms. The summed E-state index contributed by atoms with van der Waals surface area (Å²) >= 11 is 0. The highest BCUT2D eigenvalue weighted by molar-refractivity contribution is 5.66. The second-order valence-corrected chi connectivity index (χ2v) is 4.46. The van der Waals surface area contributed by atoms with Gasteiger partial charge < -0.3 is 10.0 Å². The van der Waals surface area contributed by atoms with Gasteiger partial charge in [0.2, 0.25) is 0 Å². The van der Waals surface area contributed by atoms with Gasteiger partial charge in [-0.15, -0.1) is 0 Å². The summed E-state index contributed by atoms with van der Waals surface area (Å²) in [6.45, 7) is 3.79. The van der Waals surface area contributed by atoms with Gasteiger partial charge in [-0.25, -0.2) is 4.98 Å². The Kier molecular flexibility index (Phi) is 4.31. The van der Waals surface area contributed by atoms with Gasteiger partial charge in [0.05, 0.1) is 12.1 Å². The van der Waals surface area contributed by atoms with Crippen molar-refractivity contribution in [1.29, 1.82) is 5.26 Å². The third-order valence-corrected chi connectivity index (χ3v) is 3.25. The first-order valence-electron chi connectivity index (χ1n) is 6.25. The predicted octanol–water partition coefficient (Wildman–Crippen LogP) is 0.550. The third kappa shape index (κ3) is 3.42. The van der Waals surface area contributed by atoms with E-state index in [0.29, 0.717) is 12.2 Å². The van der Waals surface area contributed by atoms with Crippen molar-refractivity contribution in [3.05, 3.63) is 24.0 Å². The number of rotatable bonds is 4. The van der Waals surface area contributed by atoms with Crippen LogP contribution in [0.4, 0.5) is 5.69 Å². The zero-order valence-corrected chi connectivity index (χ0v) is 10.6. The average Bonchev–Trinajstić information content (AvgIpc) is 2.45. The van der Waals surface area contributed by atoms with Crippen molar-refractivity contribution in [3.63, 3.8) is 0 Å². The van der Waals surface area contributed by atoms with Crippen molar-refractivity contribution >= 4 is 11.7 Å². The van der Waals surface area contributed by atoms with Crippen LogP contribution in [0.15, 0.2) is 18.3 Å². The number of carboxylic acid groups (broad SMARTS) is 1. The topological polar surface area (TPSA) is 80.5 Å². The number of hydrogen-bond acceptors (Lipinski definition) is 5. The van der Waals surface area contributed by atoms with E-state index in [2.05, 4.69) is 20.9 Å². The van der Waals surface area contributed by atoms with Crippen LogP contribution in [0.3, 0.4) is 0 Å². The minimum atomic E-state index is -0.763. The molecule has 19 heavy (non-hydrogen) atoms. The van der Waals surface area contributed by atoms with E-state index in [0.717, 1.165) is 31.9 Å². The molecule has 100 valence electrons. The first-order valence-corrected chi connectivity index (χ1v) is 6.25. The van der Waals surface area contributed by atoms with E-state index in [1.165, 1.54) is 0 Å². The maximum absolute atomic E-state index is 10.5. The number of aliphatic carboxylic acids is 1. The van der Waals surface area contributed by atoms with Crippen LogP contribution < -0.4 is 4.90 Å². The van der Waals surface area contributed by atoms with Crippen molar-refractivity contribution in [3.8, 4) is 6.07 Å². The molecule has 1 N–H and O–H groups in total. The summed E-state index contributed by atoms with van der Waals surface area (Å²) in [5.74, 6) is -0.763. The van der Waals surface area contributed by atoms with E-state index in [-0.39, 0.29) is 6.42 Å². The molecule has 1 aliphatic heterocycles. The first-order chi connectivity index (χ1) is 9.20. The molecule has 0 aromatic carbocycles. The van der Waals surface area contributed by atoms with Crippen molar-refractivity contribution in [2.45, 2.75) is 6.42 Å². The number of nitrogens with zero attached hydrogens (tertiary/aromatic N) is 4. The third-order valence-electron chi connectivity index (χ3n) is 3.25. The molecule has 1 aromatic rings. The van der Waals surface area contributed by atoms with Crippen LogP contribution in [0.25, 0.3) is 0 Å². The van der Waals surface area contributed by atoms with E-state index in [9.17, 15) is 4.79 Å². The summed E-state index contributed by atoms with van der Waals surface area (Å²) in [5, 5.41) is 17.7. The molecule has 2 heterocycles. The van der Waals surface area contributed by atoms with Gasteiger partial charge >= 0.3 is 5.97 Å². The van der Waals surface area contributed by atoms with Crippen molar-refractivity contribution in [1.82, 2.24) is 9.88 Å². The van der Waals surface area contributed by atoms with Gasteiger partial charge in [-0.2, -0.15) is 5.26 Å². The highest BCUT2D eigenvalue weighted by Crippen LogP contribution is 2.19. The van der Waals surface area contributed by atoms with E-state index < -0.39 is 5.97 Å². The molecule has 0 amide bonds. The fourth-order valence-corrected chi connectivity index (χ4v) is 2.20. The Hall–Kier alpha value is -2.13. The summed E-state index contributed by atoms with van der Waals surface area (Å²) in [6.07, 6.45) is 1.79. The SMILES string of the molecule is N#Cc1ncccc1N1CCN(CCC(=O)O)CC1. The maximum Gasteiger partial charge on any atom is 0.304 e. The van der Waals surface area contributed by atoms with Crippen molar-refractivity contribution in [2.24, 2.45) is 0 Å². The normalized spacial score (nSPS) is 16.1. The quantitative estimate of drug-likeness (QED) is 0.851. The Bertz CT molecular complexity index is 490. The summed E-state index contributed by atoms with van der Waals surface area (Å²) in [4.78, 5) is 18.8. The van der Waals surface area contributed by atoms with Crippen molar-refractivity contribution in [2.75, 3.05) is 37.6 Å². The monoisotopic (exact) mass is 260 g/mol. The number of hydrogen-bond donors (Lipinski definition) is 1. The smallest absolute Gasteiger partial charge is 0.304 e. The first kappa shape index (κ1) is 13.3. The molecule has 1 fully saturated rings. The molecule has 0 unspecified atom stereocenters. The molecule has 0 aliphatic carbocycles. The van der Waals surface area contributed by atoms with Gasteiger partial charge in [0.25, 0.3) is 0 Å². The molecule has 2 rings (SSSR count). The van der Waals surface area contributed by atoms with Gasteiger partial charge in [-0.3, -0.25) is 9.69 Å². The second kappa shape index (κ2) is 6.16. The van der Waals surface area contributed by atoms with Crippen LogP contribution >= 0.6 is 0 Å². The number of aromatic nitrogens is 1. The minimum Gasteiger partial charge on any atom is -0.481 e. The number of carbonyl (C=O) groups is 1.